The zero-order valence-electron chi connectivity index (χ0n) is 9.66. The second kappa shape index (κ2) is 4.13. The summed E-state index contributed by atoms with van der Waals surface area (Å²) in [5.74, 6) is -0.449. The molecule has 0 saturated carbocycles. The molecule has 0 fully saturated rings. The predicted octanol–water partition coefficient (Wildman–Crippen LogP) is 1.81. The normalized spacial score (nSPS) is 10.8. The van der Waals surface area contributed by atoms with Crippen LogP contribution in [0.5, 0.6) is 0 Å². The summed E-state index contributed by atoms with van der Waals surface area (Å²) in [4.78, 5) is 23.0. The Morgan fingerprint density at radius 2 is 2.06 bits per heavy atom. The number of aryl methyl sites for hydroxylation is 1. The Morgan fingerprint density at radius 1 is 1.35 bits per heavy atom. The third-order valence-electron chi connectivity index (χ3n) is 2.70. The Hall–Kier alpha value is -1.97. The first-order valence-corrected chi connectivity index (χ1v) is 5.26. The van der Waals surface area contributed by atoms with Crippen molar-refractivity contribution in [1.82, 2.24) is 4.57 Å². The molecular formula is C13H12FNO2. The van der Waals surface area contributed by atoms with Crippen molar-refractivity contribution < 1.29 is 9.18 Å². The number of ketones is 1. The predicted molar refractivity (Wildman–Crippen MR) is 63.5 cm³/mol. The van der Waals surface area contributed by atoms with Crippen LogP contribution in [0.4, 0.5) is 4.39 Å². The number of fused-ring (bicyclic) bond motifs is 1. The fraction of sp³-hybridized carbons (Fsp3) is 0.231. The number of nitrogens with zero attached hydrogens (tertiary/aromatic N) is 1. The van der Waals surface area contributed by atoms with Crippen molar-refractivity contribution in [2.75, 3.05) is 0 Å². The van der Waals surface area contributed by atoms with Crippen LogP contribution in [0.3, 0.4) is 0 Å². The second-order valence-corrected chi connectivity index (χ2v) is 4.12. The van der Waals surface area contributed by atoms with E-state index in [1.807, 2.05) is 0 Å². The summed E-state index contributed by atoms with van der Waals surface area (Å²) in [6, 6.07) is 5.91. The zero-order chi connectivity index (χ0) is 12.6. The van der Waals surface area contributed by atoms with Gasteiger partial charge in [-0.3, -0.25) is 9.59 Å². The van der Waals surface area contributed by atoms with Crippen molar-refractivity contribution >= 4 is 16.7 Å². The number of benzene rings is 1. The van der Waals surface area contributed by atoms with Crippen molar-refractivity contribution in [3.63, 3.8) is 0 Å². The molecule has 0 bridgehead atoms. The summed E-state index contributed by atoms with van der Waals surface area (Å²) in [7, 11) is 1.58. The highest BCUT2D eigenvalue weighted by Gasteiger charge is 2.09. The summed E-state index contributed by atoms with van der Waals surface area (Å²) in [6.45, 7) is 1.44. The van der Waals surface area contributed by atoms with Crippen LogP contribution in [-0.2, 0) is 18.3 Å². The molecule has 0 saturated heterocycles. The second-order valence-electron chi connectivity index (χ2n) is 4.12. The minimum absolute atomic E-state index is 0.0661. The molecule has 0 aliphatic rings. The third-order valence-corrected chi connectivity index (χ3v) is 2.70. The molecule has 0 atom stereocenters. The number of Topliss-reactive ketones (excluding diaryl/α,β-unsaturated/α-hetero) is 1. The first-order chi connectivity index (χ1) is 7.99. The molecule has 17 heavy (non-hydrogen) atoms. The lowest BCUT2D eigenvalue weighted by Gasteiger charge is -2.07. The molecule has 0 aliphatic carbocycles. The van der Waals surface area contributed by atoms with Crippen molar-refractivity contribution in [1.29, 1.82) is 0 Å². The number of hydrogen-bond donors (Lipinski definition) is 0. The van der Waals surface area contributed by atoms with Gasteiger partial charge in [-0.05, 0) is 36.6 Å². The number of carbonyl (C=O) groups is 1. The lowest BCUT2D eigenvalue weighted by molar-refractivity contribution is -0.116. The number of rotatable bonds is 2. The number of hydrogen-bond acceptors (Lipinski definition) is 2. The van der Waals surface area contributed by atoms with E-state index in [2.05, 4.69) is 0 Å². The SMILES string of the molecule is CC(=O)Cc1cc2ccc(F)cc2n(C)c1=O. The average Bonchev–Trinajstić information content (AvgIpc) is 2.26. The molecule has 0 unspecified atom stereocenters. The van der Waals surface area contributed by atoms with E-state index in [4.69, 9.17) is 0 Å². The molecule has 0 N–H and O–H groups in total. The van der Waals surface area contributed by atoms with Gasteiger partial charge in [0.25, 0.3) is 5.56 Å². The maximum atomic E-state index is 13.1. The highest BCUT2D eigenvalue weighted by Crippen LogP contribution is 2.14. The molecular weight excluding hydrogens is 221 g/mol. The van der Waals surface area contributed by atoms with Crippen LogP contribution in [0.1, 0.15) is 12.5 Å². The van der Waals surface area contributed by atoms with Crippen LogP contribution < -0.4 is 5.56 Å². The first-order valence-electron chi connectivity index (χ1n) is 5.26. The van der Waals surface area contributed by atoms with Crippen LogP contribution in [0.2, 0.25) is 0 Å². The molecule has 0 amide bonds. The maximum absolute atomic E-state index is 13.1. The highest BCUT2D eigenvalue weighted by atomic mass is 19.1. The van der Waals surface area contributed by atoms with Crippen molar-refractivity contribution in [3.05, 3.63) is 46.0 Å². The molecule has 0 aliphatic heterocycles. The smallest absolute Gasteiger partial charge is 0.254 e. The molecule has 4 heteroatoms. The van der Waals surface area contributed by atoms with Gasteiger partial charge in [0.15, 0.2) is 0 Å². The van der Waals surface area contributed by atoms with Crippen molar-refractivity contribution in [3.8, 4) is 0 Å². The monoisotopic (exact) mass is 233 g/mol. The van der Waals surface area contributed by atoms with Gasteiger partial charge >= 0.3 is 0 Å². The van der Waals surface area contributed by atoms with Gasteiger partial charge in [-0.2, -0.15) is 0 Å². The molecule has 0 spiro atoms. The Morgan fingerprint density at radius 3 is 2.71 bits per heavy atom. The van der Waals surface area contributed by atoms with E-state index >= 15 is 0 Å². The number of aromatic nitrogens is 1. The van der Waals surface area contributed by atoms with Crippen LogP contribution in [0.15, 0.2) is 29.1 Å². The Balaban J connectivity index is 2.75. The van der Waals surface area contributed by atoms with Gasteiger partial charge in [0, 0.05) is 19.0 Å². The van der Waals surface area contributed by atoms with Gasteiger partial charge in [0.1, 0.15) is 11.6 Å². The maximum Gasteiger partial charge on any atom is 0.254 e. The van der Waals surface area contributed by atoms with E-state index in [-0.39, 0.29) is 23.6 Å². The lowest BCUT2D eigenvalue weighted by Crippen LogP contribution is -2.22. The van der Waals surface area contributed by atoms with E-state index in [1.165, 1.54) is 23.6 Å². The molecule has 2 rings (SSSR count). The molecule has 0 radical (unpaired) electrons. The summed E-state index contributed by atoms with van der Waals surface area (Å²) < 4.78 is 14.5. The molecule has 1 aromatic carbocycles. The van der Waals surface area contributed by atoms with E-state index in [1.54, 1.807) is 19.2 Å². The van der Waals surface area contributed by atoms with E-state index in [0.29, 0.717) is 11.1 Å². The van der Waals surface area contributed by atoms with Gasteiger partial charge in [-0.1, -0.05) is 0 Å². The van der Waals surface area contributed by atoms with E-state index in [9.17, 15) is 14.0 Å². The summed E-state index contributed by atoms with van der Waals surface area (Å²) in [6.07, 6.45) is 0.111. The van der Waals surface area contributed by atoms with Crippen LogP contribution >= 0.6 is 0 Å². The molecule has 88 valence electrons. The van der Waals surface area contributed by atoms with Gasteiger partial charge < -0.3 is 4.57 Å². The van der Waals surface area contributed by atoms with Crippen LogP contribution in [0, 0.1) is 5.82 Å². The van der Waals surface area contributed by atoms with Crippen LogP contribution in [0.25, 0.3) is 10.9 Å². The largest absolute Gasteiger partial charge is 0.311 e. The lowest BCUT2D eigenvalue weighted by atomic mass is 10.1. The quantitative estimate of drug-likeness (QED) is 0.793. The fourth-order valence-corrected chi connectivity index (χ4v) is 1.90. The Bertz CT molecular complexity index is 658. The fourth-order valence-electron chi connectivity index (χ4n) is 1.90. The standard InChI is InChI=1S/C13H12FNO2/c1-8(16)5-10-6-9-3-4-11(14)7-12(9)15(2)13(10)17/h3-4,6-7H,5H2,1-2H3. The summed E-state index contributed by atoms with van der Waals surface area (Å²) in [5.41, 5.74) is 0.722. The number of halogens is 1. The molecule has 3 nitrogen and oxygen atoms in total. The third kappa shape index (κ3) is 2.11. The van der Waals surface area contributed by atoms with Gasteiger partial charge in [0.2, 0.25) is 0 Å². The molecule has 1 heterocycles. The highest BCUT2D eigenvalue weighted by molar-refractivity contribution is 5.82. The number of pyridine rings is 1. The van der Waals surface area contributed by atoms with Crippen molar-refractivity contribution in [2.24, 2.45) is 7.05 Å². The first kappa shape index (κ1) is 11.5. The van der Waals surface area contributed by atoms with Gasteiger partial charge in [0.05, 0.1) is 5.52 Å². The van der Waals surface area contributed by atoms with Crippen molar-refractivity contribution in [2.45, 2.75) is 13.3 Å². The minimum atomic E-state index is -0.383. The van der Waals surface area contributed by atoms with E-state index in [0.717, 1.165) is 5.39 Å². The molecule has 2 aromatic rings. The van der Waals surface area contributed by atoms with Crippen LogP contribution in [-0.4, -0.2) is 10.4 Å². The summed E-state index contributed by atoms with van der Waals surface area (Å²) in [5, 5.41) is 0.754. The minimum Gasteiger partial charge on any atom is -0.311 e. The Kier molecular flexibility index (Phi) is 2.79. The zero-order valence-corrected chi connectivity index (χ0v) is 9.66. The number of carbonyl (C=O) groups excluding carboxylic acids is 1. The Labute approximate surface area is 97.5 Å². The topological polar surface area (TPSA) is 39.1 Å². The van der Waals surface area contributed by atoms with Gasteiger partial charge in [-0.25, -0.2) is 4.39 Å². The molecule has 1 aromatic heterocycles. The van der Waals surface area contributed by atoms with Gasteiger partial charge in [-0.15, -0.1) is 0 Å². The average molecular weight is 233 g/mol. The van der Waals surface area contributed by atoms with E-state index < -0.39 is 0 Å². The summed E-state index contributed by atoms with van der Waals surface area (Å²) >= 11 is 0.